The van der Waals surface area contributed by atoms with E-state index < -0.39 is 0 Å². The average molecular weight is 750 g/mol. The molecule has 0 saturated heterocycles. The standard InChI is InChI=1S/C57H51N/c1-38(2)51-36-44(30-32-48(51)50-27-16-24-42-23-15-26-47(56(42)50)41-21-9-6-10-22-41)58(55-28-14-13-25-46(55)40-19-7-5-8-20-40)45-31-33-49-52-35-43(39-17-11-12-18-39)29-34-53(52)57(3,4)54(49)37-45/h5-10,13-16,19-39H,11-12,17-18H2,1-4H3. The van der Waals surface area contributed by atoms with E-state index in [2.05, 4.69) is 209 Å². The van der Waals surface area contributed by atoms with E-state index in [1.807, 2.05) is 0 Å². The second-order valence-corrected chi connectivity index (χ2v) is 17.4. The number of benzene rings is 8. The second-order valence-electron chi connectivity index (χ2n) is 17.4. The molecular weight excluding hydrogens is 699 g/mol. The van der Waals surface area contributed by atoms with Gasteiger partial charge in [-0.1, -0.05) is 186 Å². The molecular formula is C57H51N. The van der Waals surface area contributed by atoms with Gasteiger partial charge in [0.15, 0.2) is 0 Å². The summed E-state index contributed by atoms with van der Waals surface area (Å²) in [6.45, 7) is 9.50. The van der Waals surface area contributed by atoms with Crippen LogP contribution in [0.2, 0.25) is 0 Å². The van der Waals surface area contributed by atoms with Gasteiger partial charge in [0, 0.05) is 22.4 Å². The normalized spacial score (nSPS) is 14.5. The number of nitrogens with zero attached hydrogens (tertiary/aromatic N) is 1. The van der Waals surface area contributed by atoms with Crippen LogP contribution in [0.5, 0.6) is 0 Å². The van der Waals surface area contributed by atoms with Crippen LogP contribution in [-0.4, -0.2) is 0 Å². The van der Waals surface area contributed by atoms with E-state index in [1.54, 1.807) is 0 Å². The Hall–Kier alpha value is -6.18. The number of para-hydroxylation sites is 1. The van der Waals surface area contributed by atoms with Crippen LogP contribution in [0, 0.1) is 0 Å². The predicted octanol–water partition coefficient (Wildman–Crippen LogP) is 16.4. The lowest BCUT2D eigenvalue weighted by Gasteiger charge is -2.31. The molecule has 0 aliphatic heterocycles. The Kier molecular flexibility index (Phi) is 9.13. The monoisotopic (exact) mass is 749 g/mol. The van der Waals surface area contributed by atoms with Crippen molar-refractivity contribution in [2.24, 2.45) is 0 Å². The van der Waals surface area contributed by atoms with E-state index in [1.165, 1.54) is 115 Å². The summed E-state index contributed by atoms with van der Waals surface area (Å²) in [5.74, 6) is 0.987. The van der Waals surface area contributed by atoms with Crippen molar-refractivity contribution < 1.29 is 0 Å². The molecule has 8 aromatic rings. The summed E-state index contributed by atoms with van der Waals surface area (Å²) in [6, 6.07) is 66.0. The second kappa shape index (κ2) is 14.6. The van der Waals surface area contributed by atoms with E-state index in [0.29, 0.717) is 11.8 Å². The topological polar surface area (TPSA) is 3.24 Å². The highest BCUT2D eigenvalue weighted by atomic mass is 15.1. The minimum Gasteiger partial charge on any atom is -0.310 e. The quantitative estimate of drug-likeness (QED) is 0.150. The van der Waals surface area contributed by atoms with E-state index in [-0.39, 0.29) is 5.41 Å². The SMILES string of the molecule is CC(C)c1cc(N(c2ccc3c(c2)C(C)(C)c2ccc(C4CCCC4)cc2-3)c2ccccc2-c2ccccc2)ccc1-c1cccc2cccc(-c3ccccc3)c12. The smallest absolute Gasteiger partial charge is 0.0540 e. The number of anilines is 3. The van der Waals surface area contributed by atoms with E-state index in [9.17, 15) is 0 Å². The van der Waals surface area contributed by atoms with E-state index in [4.69, 9.17) is 0 Å². The summed E-state index contributed by atoms with van der Waals surface area (Å²) in [5.41, 5.74) is 19.4. The number of hydrogen-bond donors (Lipinski definition) is 0. The van der Waals surface area contributed by atoms with Crippen LogP contribution in [0.1, 0.15) is 87.5 Å². The van der Waals surface area contributed by atoms with Crippen molar-refractivity contribution >= 4 is 27.8 Å². The Morgan fingerprint density at radius 3 is 1.79 bits per heavy atom. The summed E-state index contributed by atoms with van der Waals surface area (Å²) < 4.78 is 0. The summed E-state index contributed by atoms with van der Waals surface area (Å²) in [4.78, 5) is 2.51. The molecule has 0 heterocycles. The third kappa shape index (κ3) is 6.16. The van der Waals surface area contributed by atoms with Gasteiger partial charge in [0.05, 0.1) is 5.69 Å². The van der Waals surface area contributed by atoms with Crippen molar-refractivity contribution in [2.75, 3.05) is 4.90 Å². The van der Waals surface area contributed by atoms with Gasteiger partial charge < -0.3 is 4.90 Å². The van der Waals surface area contributed by atoms with Crippen LogP contribution in [0.3, 0.4) is 0 Å². The third-order valence-corrected chi connectivity index (χ3v) is 13.2. The van der Waals surface area contributed by atoms with Gasteiger partial charge in [-0.3, -0.25) is 0 Å². The fourth-order valence-electron chi connectivity index (χ4n) is 10.2. The number of hydrogen-bond acceptors (Lipinski definition) is 1. The fourth-order valence-corrected chi connectivity index (χ4v) is 10.2. The highest BCUT2D eigenvalue weighted by Gasteiger charge is 2.37. The summed E-state index contributed by atoms with van der Waals surface area (Å²) in [5, 5.41) is 2.56. The Balaban J connectivity index is 1.16. The molecule has 58 heavy (non-hydrogen) atoms. The first kappa shape index (κ1) is 36.2. The maximum Gasteiger partial charge on any atom is 0.0540 e. The highest BCUT2D eigenvalue weighted by molar-refractivity contribution is 6.07. The molecule has 0 spiro atoms. The zero-order chi connectivity index (χ0) is 39.4. The summed E-state index contributed by atoms with van der Waals surface area (Å²) in [6.07, 6.45) is 5.33. The zero-order valence-corrected chi connectivity index (χ0v) is 34.2. The first-order valence-corrected chi connectivity index (χ1v) is 21.3. The van der Waals surface area contributed by atoms with Gasteiger partial charge in [0.25, 0.3) is 0 Å². The lowest BCUT2D eigenvalue weighted by molar-refractivity contribution is 0.658. The van der Waals surface area contributed by atoms with Gasteiger partial charge in [-0.2, -0.15) is 0 Å². The van der Waals surface area contributed by atoms with Crippen molar-refractivity contribution in [1.82, 2.24) is 0 Å². The highest BCUT2D eigenvalue weighted by Crippen LogP contribution is 2.53. The molecule has 1 nitrogen and oxygen atoms in total. The van der Waals surface area contributed by atoms with Gasteiger partial charge in [-0.15, -0.1) is 0 Å². The minimum absolute atomic E-state index is 0.114. The molecule has 0 atom stereocenters. The first-order valence-electron chi connectivity index (χ1n) is 21.3. The Bertz CT molecular complexity index is 2780. The lowest BCUT2D eigenvalue weighted by atomic mass is 9.81. The molecule has 0 amide bonds. The molecule has 10 rings (SSSR count). The lowest BCUT2D eigenvalue weighted by Crippen LogP contribution is -2.17. The van der Waals surface area contributed by atoms with Crippen molar-refractivity contribution in [1.29, 1.82) is 0 Å². The average Bonchev–Trinajstić information content (AvgIpc) is 3.89. The molecule has 0 radical (unpaired) electrons. The molecule has 0 aromatic heterocycles. The number of fused-ring (bicyclic) bond motifs is 4. The van der Waals surface area contributed by atoms with Crippen molar-refractivity contribution in [3.8, 4) is 44.5 Å². The Labute approximate surface area is 344 Å². The van der Waals surface area contributed by atoms with Crippen molar-refractivity contribution in [3.63, 3.8) is 0 Å². The first-order chi connectivity index (χ1) is 28.4. The maximum absolute atomic E-state index is 2.53. The van der Waals surface area contributed by atoms with Crippen LogP contribution >= 0.6 is 0 Å². The van der Waals surface area contributed by atoms with Crippen molar-refractivity contribution in [2.45, 2.75) is 70.6 Å². The largest absolute Gasteiger partial charge is 0.310 e. The van der Waals surface area contributed by atoms with Crippen LogP contribution in [0.25, 0.3) is 55.3 Å². The molecule has 0 bridgehead atoms. The van der Waals surface area contributed by atoms with Gasteiger partial charge in [0.1, 0.15) is 0 Å². The van der Waals surface area contributed by atoms with E-state index >= 15 is 0 Å². The van der Waals surface area contributed by atoms with Crippen molar-refractivity contribution in [3.05, 3.63) is 198 Å². The van der Waals surface area contributed by atoms with Gasteiger partial charge in [-0.25, -0.2) is 0 Å². The fraction of sp³-hybridized carbons (Fsp3) is 0.193. The van der Waals surface area contributed by atoms with Crippen LogP contribution in [-0.2, 0) is 5.41 Å². The summed E-state index contributed by atoms with van der Waals surface area (Å²) >= 11 is 0. The number of rotatable bonds is 8. The Morgan fingerprint density at radius 1 is 0.483 bits per heavy atom. The van der Waals surface area contributed by atoms with Crippen LogP contribution in [0.4, 0.5) is 17.1 Å². The molecule has 1 fully saturated rings. The predicted molar refractivity (Wildman–Crippen MR) is 248 cm³/mol. The van der Waals surface area contributed by atoms with Gasteiger partial charge >= 0.3 is 0 Å². The minimum atomic E-state index is -0.114. The van der Waals surface area contributed by atoms with Gasteiger partial charge in [0.2, 0.25) is 0 Å². The molecule has 0 unspecified atom stereocenters. The molecule has 8 aromatic carbocycles. The third-order valence-electron chi connectivity index (χ3n) is 13.2. The molecule has 284 valence electrons. The van der Waals surface area contributed by atoms with Crippen LogP contribution < -0.4 is 4.90 Å². The van der Waals surface area contributed by atoms with E-state index in [0.717, 1.165) is 5.69 Å². The van der Waals surface area contributed by atoms with Crippen LogP contribution in [0.15, 0.2) is 176 Å². The molecule has 1 heteroatoms. The molecule has 1 saturated carbocycles. The maximum atomic E-state index is 2.53. The molecule has 2 aliphatic carbocycles. The summed E-state index contributed by atoms with van der Waals surface area (Å²) in [7, 11) is 0. The molecule has 0 N–H and O–H groups in total. The Morgan fingerprint density at radius 2 is 1.09 bits per heavy atom. The van der Waals surface area contributed by atoms with Gasteiger partial charge in [-0.05, 0) is 127 Å². The zero-order valence-electron chi connectivity index (χ0n) is 34.2. The molecule has 2 aliphatic rings.